The van der Waals surface area contributed by atoms with Crippen LogP contribution in [0.5, 0.6) is 0 Å². The molecule has 1 aromatic rings. The molecule has 0 unspecified atom stereocenters. The average Bonchev–Trinajstić information content (AvgIpc) is 2.29. The standard InChI is InChI=1S/C12H15F2NO3S/c13-11-5-4-10(8-12(11)14)19(17,18)15(6-7-16)9-2-1-3-9/h4-5,8-9,16H,1-3,6-7H2. The van der Waals surface area contributed by atoms with E-state index < -0.39 is 21.7 Å². The second kappa shape index (κ2) is 5.52. The fraction of sp³-hybridized carbons (Fsp3) is 0.500. The molecule has 2 rings (SSSR count). The van der Waals surface area contributed by atoms with Gasteiger partial charge in [-0.25, -0.2) is 17.2 Å². The van der Waals surface area contributed by atoms with E-state index in [2.05, 4.69) is 0 Å². The molecule has 0 aliphatic heterocycles. The van der Waals surface area contributed by atoms with Gasteiger partial charge < -0.3 is 5.11 Å². The van der Waals surface area contributed by atoms with Crippen LogP contribution >= 0.6 is 0 Å². The lowest BCUT2D eigenvalue weighted by molar-refractivity contribution is 0.178. The van der Waals surface area contributed by atoms with Gasteiger partial charge in [0.1, 0.15) is 0 Å². The van der Waals surface area contributed by atoms with Crippen LogP contribution in [0.3, 0.4) is 0 Å². The summed E-state index contributed by atoms with van der Waals surface area (Å²) in [6, 6.07) is 2.34. The number of rotatable bonds is 5. The topological polar surface area (TPSA) is 57.6 Å². The van der Waals surface area contributed by atoms with Crippen LogP contribution in [0.1, 0.15) is 19.3 Å². The van der Waals surface area contributed by atoms with Gasteiger partial charge in [0.15, 0.2) is 11.6 Å². The van der Waals surface area contributed by atoms with Gasteiger partial charge >= 0.3 is 0 Å². The quantitative estimate of drug-likeness (QED) is 0.894. The summed E-state index contributed by atoms with van der Waals surface area (Å²) in [7, 11) is -3.90. The van der Waals surface area contributed by atoms with Gasteiger partial charge in [0, 0.05) is 12.6 Å². The highest BCUT2D eigenvalue weighted by Gasteiger charge is 2.34. The molecule has 4 nitrogen and oxygen atoms in total. The smallest absolute Gasteiger partial charge is 0.243 e. The van der Waals surface area contributed by atoms with Gasteiger partial charge in [0.25, 0.3) is 0 Å². The van der Waals surface area contributed by atoms with Gasteiger partial charge in [0.05, 0.1) is 11.5 Å². The van der Waals surface area contributed by atoms with Crippen LogP contribution in [0, 0.1) is 11.6 Å². The molecule has 19 heavy (non-hydrogen) atoms. The third-order valence-corrected chi connectivity index (χ3v) is 5.25. The van der Waals surface area contributed by atoms with Gasteiger partial charge in [-0.05, 0) is 31.0 Å². The van der Waals surface area contributed by atoms with E-state index in [4.69, 9.17) is 5.11 Å². The molecule has 0 heterocycles. The molecule has 106 valence electrons. The predicted octanol–water partition coefficient (Wildman–Crippen LogP) is 1.50. The minimum Gasteiger partial charge on any atom is -0.395 e. The Labute approximate surface area is 110 Å². The zero-order valence-electron chi connectivity index (χ0n) is 10.2. The SMILES string of the molecule is O=S(=O)(c1ccc(F)c(F)c1)N(CCO)C1CCC1. The minimum atomic E-state index is -3.90. The highest BCUT2D eigenvalue weighted by atomic mass is 32.2. The van der Waals surface area contributed by atoms with Gasteiger partial charge in [0.2, 0.25) is 10.0 Å². The number of aliphatic hydroxyl groups is 1. The molecule has 0 aromatic heterocycles. The average molecular weight is 291 g/mol. The molecule has 0 amide bonds. The van der Waals surface area contributed by atoms with Crippen LogP contribution in [-0.4, -0.2) is 37.0 Å². The van der Waals surface area contributed by atoms with Crippen molar-refractivity contribution in [1.82, 2.24) is 4.31 Å². The van der Waals surface area contributed by atoms with Gasteiger partial charge in [-0.2, -0.15) is 4.31 Å². The normalized spacial score (nSPS) is 16.6. The maximum absolute atomic E-state index is 13.1. The van der Waals surface area contributed by atoms with Crippen molar-refractivity contribution < 1.29 is 22.3 Å². The molecular weight excluding hydrogens is 276 g/mol. The Hall–Kier alpha value is -1.05. The lowest BCUT2D eigenvalue weighted by atomic mass is 9.93. The van der Waals surface area contributed by atoms with Crippen molar-refractivity contribution in [1.29, 1.82) is 0 Å². The maximum atomic E-state index is 13.1. The largest absolute Gasteiger partial charge is 0.395 e. The van der Waals surface area contributed by atoms with Gasteiger partial charge in [-0.15, -0.1) is 0 Å². The highest BCUT2D eigenvalue weighted by molar-refractivity contribution is 7.89. The zero-order valence-corrected chi connectivity index (χ0v) is 11.0. The van der Waals surface area contributed by atoms with E-state index >= 15 is 0 Å². The van der Waals surface area contributed by atoms with E-state index in [0.29, 0.717) is 6.07 Å². The summed E-state index contributed by atoms with van der Waals surface area (Å²) in [6.45, 7) is -0.342. The molecule has 0 saturated heterocycles. The predicted molar refractivity (Wildman–Crippen MR) is 65.0 cm³/mol. The third kappa shape index (κ3) is 2.77. The first-order chi connectivity index (χ1) is 8.96. The number of sulfonamides is 1. The van der Waals surface area contributed by atoms with Crippen LogP contribution in [0.25, 0.3) is 0 Å². The van der Waals surface area contributed by atoms with Crippen LogP contribution in [0.4, 0.5) is 8.78 Å². The molecule has 7 heteroatoms. The molecule has 0 radical (unpaired) electrons. The second-order valence-corrected chi connectivity index (χ2v) is 6.39. The molecule has 1 N–H and O–H groups in total. The van der Waals surface area contributed by atoms with Crippen molar-refractivity contribution in [2.45, 2.75) is 30.2 Å². The summed E-state index contributed by atoms with van der Waals surface area (Å²) in [4.78, 5) is -0.285. The first-order valence-electron chi connectivity index (χ1n) is 6.04. The Kier molecular flexibility index (Phi) is 4.17. The Morgan fingerprint density at radius 3 is 2.42 bits per heavy atom. The number of hydrogen-bond donors (Lipinski definition) is 1. The Balaban J connectivity index is 2.35. The van der Waals surface area contributed by atoms with Crippen molar-refractivity contribution in [3.8, 4) is 0 Å². The number of hydrogen-bond acceptors (Lipinski definition) is 3. The monoisotopic (exact) mass is 291 g/mol. The first-order valence-corrected chi connectivity index (χ1v) is 7.48. The second-order valence-electron chi connectivity index (χ2n) is 4.50. The minimum absolute atomic E-state index is 0.0357. The van der Waals surface area contributed by atoms with E-state index in [1.54, 1.807) is 0 Å². The van der Waals surface area contributed by atoms with Gasteiger partial charge in [-0.3, -0.25) is 0 Å². The Morgan fingerprint density at radius 2 is 1.95 bits per heavy atom. The number of halogens is 2. The summed E-state index contributed by atoms with van der Waals surface area (Å²) in [6.07, 6.45) is 2.38. The van der Waals surface area contributed by atoms with E-state index in [1.807, 2.05) is 0 Å². The van der Waals surface area contributed by atoms with Crippen molar-refractivity contribution >= 4 is 10.0 Å². The van der Waals surface area contributed by atoms with Crippen LogP contribution in [0.2, 0.25) is 0 Å². The van der Waals surface area contributed by atoms with Crippen LogP contribution in [-0.2, 0) is 10.0 Å². The number of nitrogens with zero attached hydrogens (tertiary/aromatic N) is 1. The summed E-state index contributed by atoms with van der Waals surface area (Å²) in [5.41, 5.74) is 0. The summed E-state index contributed by atoms with van der Waals surface area (Å²) >= 11 is 0. The van der Waals surface area contributed by atoms with Crippen molar-refractivity contribution in [2.75, 3.05) is 13.2 Å². The fourth-order valence-corrected chi connectivity index (χ4v) is 3.73. The molecule has 0 atom stereocenters. The lowest BCUT2D eigenvalue weighted by Gasteiger charge is -2.36. The maximum Gasteiger partial charge on any atom is 0.243 e. The number of benzene rings is 1. The Bertz CT molecular complexity index is 558. The van der Waals surface area contributed by atoms with Crippen molar-refractivity contribution in [3.05, 3.63) is 29.8 Å². The Morgan fingerprint density at radius 1 is 1.26 bits per heavy atom. The molecule has 1 aliphatic carbocycles. The number of aliphatic hydroxyl groups excluding tert-OH is 1. The summed E-state index contributed by atoms with van der Waals surface area (Å²) in [5, 5.41) is 8.97. The fourth-order valence-electron chi connectivity index (χ4n) is 2.04. The van der Waals surface area contributed by atoms with E-state index in [-0.39, 0.29) is 24.1 Å². The van der Waals surface area contributed by atoms with Crippen LogP contribution < -0.4 is 0 Å². The van der Waals surface area contributed by atoms with Crippen LogP contribution in [0.15, 0.2) is 23.1 Å². The first kappa shape index (κ1) is 14.4. The molecular formula is C12H15F2NO3S. The molecule has 1 aromatic carbocycles. The van der Waals surface area contributed by atoms with Gasteiger partial charge in [-0.1, -0.05) is 6.42 Å². The highest BCUT2D eigenvalue weighted by Crippen LogP contribution is 2.30. The summed E-state index contributed by atoms with van der Waals surface area (Å²) < 4.78 is 51.9. The lowest BCUT2D eigenvalue weighted by Crippen LogP contribution is -2.45. The summed E-state index contributed by atoms with van der Waals surface area (Å²) in [5.74, 6) is -2.28. The molecule has 1 saturated carbocycles. The molecule has 1 aliphatic rings. The zero-order chi connectivity index (χ0) is 14.0. The molecule has 0 spiro atoms. The third-order valence-electron chi connectivity index (χ3n) is 3.30. The van der Waals surface area contributed by atoms with Crippen molar-refractivity contribution in [3.63, 3.8) is 0 Å². The molecule has 1 fully saturated rings. The van der Waals surface area contributed by atoms with Crippen molar-refractivity contribution in [2.24, 2.45) is 0 Å². The molecule has 0 bridgehead atoms. The van der Waals surface area contributed by atoms with E-state index in [1.165, 1.54) is 4.31 Å². The van der Waals surface area contributed by atoms with E-state index in [0.717, 1.165) is 31.4 Å². The van der Waals surface area contributed by atoms with E-state index in [9.17, 15) is 17.2 Å².